The number of halogens is 3. The number of hydrogen-bond donors (Lipinski definition) is 1. The second-order valence-corrected chi connectivity index (χ2v) is 7.96. The molecule has 0 fully saturated rings. The highest BCUT2D eigenvalue weighted by molar-refractivity contribution is 9.11. The first-order valence-electron chi connectivity index (χ1n) is 5.46. The first-order chi connectivity index (χ1) is 8.54. The molecule has 0 aliphatic carbocycles. The maximum absolute atomic E-state index is 6.37. The highest BCUT2D eigenvalue weighted by atomic mass is 79.9. The Balaban J connectivity index is 2.42. The third-order valence-corrected chi connectivity index (χ3v) is 6.86. The molecular weight excluding hydrogens is 373 g/mol. The van der Waals surface area contributed by atoms with Crippen LogP contribution in [0.25, 0.3) is 0 Å². The van der Waals surface area contributed by atoms with E-state index in [0.29, 0.717) is 0 Å². The van der Waals surface area contributed by atoms with Gasteiger partial charge in [-0.3, -0.25) is 0 Å². The predicted octanol–water partition coefficient (Wildman–Crippen LogP) is 5.89. The van der Waals surface area contributed by atoms with Crippen LogP contribution < -0.4 is 5.32 Å². The van der Waals surface area contributed by atoms with Crippen LogP contribution in [0.2, 0.25) is 10.0 Å². The van der Waals surface area contributed by atoms with Crippen LogP contribution in [-0.4, -0.2) is 6.54 Å². The van der Waals surface area contributed by atoms with Crippen LogP contribution in [0.4, 0.5) is 0 Å². The minimum Gasteiger partial charge on any atom is -0.305 e. The fraction of sp³-hybridized carbons (Fsp3) is 0.333. The first-order valence-corrected chi connectivity index (χ1v) is 8.70. The van der Waals surface area contributed by atoms with Crippen LogP contribution in [0.3, 0.4) is 0 Å². The van der Waals surface area contributed by atoms with Crippen molar-refractivity contribution in [1.82, 2.24) is 5.32 Å². The Morgan fingerprint density at radius 2 is 2.17 bits per heavy atom. The lowest BCUT2D eigenvalue weighted by Gasteiger charge is -2.15. The van der Waals surface area contributed by atoms with E-state index in [1.165, 1.54) is 4.88 Å². The van der Waals surface area contributed by atoms with Gasteiger partial charge in [-0.25, -0.2) is 0 Å². The van der Waals surface area contributed by atoms with E-state index in [-0.39, 0.29) is 6.04 Å². The van der Waals surface area contributed by atoms with Gasteiger partial charge >= 0.3 is 0 Å². The minimum atomic E-state index is 0.120. The van der Waals surface area contributed by atoms with Crippen LogP contribution in [0.1, 0.15) is 28.3 Å². The van der Waals surface area contributed by atoms with Crippen molar-refractivity contribution in [3.05, 3.63) is 40.6 Å². The highest BCUT2D eigenvalue weighted by Gasteiger charge is 2.21. The molecule has 0 aliphatic heterocycles. The molecule has 2 heterocycles. The van der Waals surface area contributed by atoms with Crippen LogP contribution in [0, 0.1) is 6.92 Å². The maximum atomic E-state index is 6.37. The number of hydrogen-bond acceptors (Lipinski definition) is 3. The summed E-state index contributed by atoms with van der Waals surface area (Å²) in [5.41, 5.74) is 1.13. The van der Waals surface area contributed by atoms with Gasteiger partial charge in [-0.15, -0.1) is 22.7 Å². The normalized spacial score (nSPS) is 12.9. The zero-order chi connectivity index (χ0) is 13.3. The standard InChI is InChI=1S/C12H12BrCl2NS2/c1-3-16-10(8-4-7(14)12(13)18-8)11-9(15)6(2)5-17-11/h4-5,10,16H,3H2,1-2H3. The second-order valence-electron chi connectivity index (χ2n) is 3.86. The molecule has 0 radical (unpaired) electrons. The van der Waals surface area contributed by atoms with Crippen molar-refractivity contribution in [1.29, 1.82) is 0 Å². The van der Waals surface area contributed by atoms with E-state index >= 15 is 0 Å². The summed E-state index contributed by atoms with van der Waals surface area (Å²) in [5.74, 6) is 0. The molecule has 0 bridgehead atoms. The average Bonchev–Trinajstić information content (AvgIpc) is 2.82. The number of aryl methyl sites for hydroxylation is 1. The largest absolute Gasteiger partial charge is 0.305 e. The molecule has 98 valence electrons. The lowest BCUT2D eigenvalue weighted by molar-refractivity contribution is 0.649. The first kappa shape index (κ1) is 14.8. The lowest BCUT2D eigenvalue weighted by atomic mass is 10.2. The summed E-state index contributed by atoms with van der Waals surface area (Å²) >= 11 is 19.3. The number of thiophene rings is 2. The van der Waals surface area contributed by atoms with Crippen molar-refractivity contribution in [3.63, 3.8) is 0 Å². The maximum Gasteiger partial charge on any atom is 0.0888 e. The Morgan fingerprint density at radius 1 is 1.44 bits per heavy atom. The molecule has 0 aliphatic rings. The van der Waals surface area contributed by atoms with Crippen LogP contribution in [0.5, 0.6) is 0 Å². The summed E-state index contributed by atoms with van der Waals surface area (Å²) in [6.07, 6.45) is 0. The molecule has 1 nitrogen and oxygen atoms in total. The van der Waals surface area contributed by atoms with Gasteiger partial charge in [-0.1, -0.05) is 30.1 Å². The molecule has 1 N–H and O–H groups in total. The van der Waals surface area contributed by atoms with Gasteiger partial charge in [0.05, 0.1) is 19.9 Å². The molecule has 2 aromatic heterocycles. The summed E-state index contributed by atoms with van der Waals surface area (Å²) in [6.45, 7) is 5.00. The Labute approximate surface area is 133 Å². The molecule has 0 saturated carbocycles. The molecular formula is C12H12BrCl2NS2. The summed E-state index contributed by atoms with van der Waals surface area (Å²) in [4.78, 5) is 2.33. The quantitative estimate of drug-likeness (QED) is 0.693. The molecule has 2 rings (SSSR count). The van der Waals surface area contributed by atoms with Gasteiger partial charge in [0.25, 0.3) is 0 Å². The molecule has 6 heteroatoms. The van der Waals surface area contributed by atoms with Crippen LogP contribution in [0.15, 0.2) is 15.2 Å². The van der Waals surface area contributed by atoms with E-state index in [2.05, 4.69) is 33.6 Å². The Hall–Kier alpha value is 0.420. The topological polar surface area (TPSA) is 12.0 Å². The molecule has 0 aromatic carbocycles. The third kappa shape index (κ3) is 2.94. The van der Waals surface area contributed by atoms with Crippen molar-refractivity contribution >= 4 is 61.8 Å². The Bertz CT molecular complexity index is 531. The highest BCUT2D eigenvalue weighted by Crippen LogP contribution is 2.41. The fourth-order valence-electron chi connectivity index (χ4n) is 1.68. The second kappa shape index (κ2) is 6.25. The van der Waals surface area contributed by atoms with Crippen LogP contribution in [-0.2, 0) is 0 Å². The van der Waals surface area contributed by atoms with Gasteiger partial charge in [-0.05, 0) is 46.4 Å². The van der Waals surface area contributed by atoms with Gasteiger partial charge < -0.3 is 5.32 Å². The summed E-state index contributed by atoms with van der Waals surface area (Å²) in [5, 5.41) is 7.16. The molecule has 18 heavy (non-hydrogen) atoms. The van der Waals surface area contributed by atoms with Crippen molar-refractivity contribution < 1.29 is 0 Å². The van der Waals surface area contributed by atoms with E-state index in [9.17, 15) is 0 Å². The molecule has 0 amide bonds. The summed E-state index contributed by atoms with van der Waals surface area (Å²) < 4.78 is 0.964. The molecule has 0 saturated heterocycles. The van der Waals surface area contributed by atoms with Crippen LogP contribution >= 0.6 is 61.8 Å². The van der Waals surface area contributed by atoms with Gasteiger partial charge in [-0.2, -0.15) is 0 Å². The molecule has 0 spiro atoms. The van der Waals surface area contributed by atoms with E-state index in [1.807, 2.05) is 13.0 Å². The van der Waals surface area contributed by atoms with Gasteiger partial charge in [0.1, 0.15) is 0 Å². The van der Waals surface area contributed by atoms with Crippen molar-refractivity contribution in [2.24, 2.45) is 0 Å². The minimum absolute atomic E-state index is 0.120. The predicted molar refractivity (Wildman–Crippen MR) is 86.6 cm³/mol. The zero-order valence-corrected chi connectivity index (χ0v) is 14.6. The molecule has 1 atom stereocenters. The molecule has 2 aromatic rings. The number of rotatable bonds is 4. The zero-order valence-electron chi connectivity index (χ0n) is 9.89. The Morgan fingerprint density at radius 3 is 2.61 bits per heavy atom. The monoisotopic (exact) mass is 383 g/mol. The van der Waals surface area contributed by atoms with Gasteiger partial charge in [0.15, 0.2) is 0 Å². The molecule has 1 unspecified atom stereocenters. The SMILES string of the molecule is CCNC(c1cc(Cl)c(Br)s1)c1scc(C)c1Cl. The summed E-state index contributed by atoms with van der Waals surface area (Å²) in [7, 11) is 0. The van der Waals surface area contributed by atoms with E-state index in [0.717, 1.165) is 30.8 Å². The summed E-state index contributed by atoms with van der Waals surface area (Å²) in [6, 6.07) is 2.12. The van der Waals surface area contributed by atoms with Crippen molar-refractivity contribution in [2.45, 2.75) is 19.9 Å². The van der Waals surface area contributed by atoms with Gasteiger partial charge in [0.2, 0.25) is 0 Å². The average molecular weight is 385 g/mol. The van der Waals surface area contributed by atoms with Crippen molar-refractivity contribution in [3.8, 4) is 0 Å². The van der Waals surface area contributed by atoms with E-state index < -0.39 is 0 Å². The third-order valence-electron chi connectivity index (χ3n) is 2.54. The van der Waals surface area contributed by atoms with Crippen molar-refractivity contribution in [2.75, 3.05) is 6.54 Å². The van der Waals surface area contributed by atoms with E-state index in [4.69, 9.17) is 23.2 Å². The smallest absolute Gasteiger partial charge is 0.0888 e. The van der Waals surface area contributed by atoms with Gasteiger partial charge in [0, 0.05) is 9.75 Å². The fourth-order valence-corrected chi connectivity index (χ4v) is 4.98. The number of nitrogens with one attached hydrogen (secondary N) is 1. The van der Waals surface area contributed by atoms with E-state index in [1.54, 1.807) is 22.7 Å². The Kier molecular flexibility index (Phi) is 5.14. The lowest BCUT2D eigenvalue weighted by Crippen LogP contribution is -2.20.